The summed E-state index contributed by atoms with van der Waals surface area (Å²) in [7, 11) is 0. The number of amides is 3. The highest BCUT2D eigenvalue weighted by molar-refractivity contribution is 6.02. The number of piperidine rings is 3. The zero-order valence-corrected chi connectivity index (χ0v) is 35.4. The van der Waals surface area contributed by atoms with Crippen LogP contribution in [0.2, 0.25) is 0 Å². The molecular weight excluding hydrogens is 806 g/mol. The molecule has 16 heteroatoms. The molecule has 7 heterocycles. The third kappa shape index (κ3) is 8.16. The Hall–Kier alpha value is -6.16. The Bertz CT molecular complexity index is 2310. The highest BCUT2D eigenvalue weighted by Gasteiger charge is 2.42. The lowest BCUT2D eigenvalue weighted by Crippen LogP contribution is -2.54. The summed E-state index contributed by atoms with van der Waals surface area (Å²) in [6.45, 7) is 5.63. The van der Waals surface area contributed by atoms with Gasteiger partial charge in [-0.05, 0) is 93.1 Å². The SMILES string of the molecule is NC1=C(N2C[C@H]3CC[C@@H](C2)N3c2ccc(F)c(OC3CCN(C(=O)CN4CCC(c5cccc6c5OCCN6[C@H]5CCC(=O)NC5=O)CC4)CC3)c2)C=C(c2ccccc2O)NN1. The first-order valence-electron chi connectivity index (χ1n) is 22.5. The molecule has 0 aliphatic carbocycles. The van der Waals surface area contributed by atoms with Gasteiger partial charge in [-0.25, -0.2) is 4.39 Å². The lowest BCUT2D eigenvalue weighted by Gasteiger charge is -2.44. The molecule has 3 atom stereocenters. The van der Waals surface area contributed by atoms with Crippen molar-refractivity contribution in [1.29, 1.82) is 0 Å². The minimum atomic E-state index is -0.389. The number of imide groups is 1. The second-order valence-electron chi connectivity index (χ2n) is 17.9. The van der Waals surface area contributed by atoms with E-state index in [1.54, 1.807) is 12.1 Å². The van der Waals surface area contributed by atoms with E-state index in [0.29, 0.717) is 69.9 Å². The summed E-state index contributed by atoms with van der Waals surface area (Å²) in [5, 5.41) is 13.0. The van der Waals surface area contributed by atoms with E-state index in [1.165, 1.54) is 6.07 Å². The van der Waals surface area contributed by atoms with Crippen LogP contribution < -0.4 is 41.2 Å². The van der Waals surface area contributed by atoms with E-state index in [2.05, 4.69) is 41.8 Å². The van der Waals surface area contributed by atoms with Crippen molar-refractivity contribution in [3.05, 3.63) is 95.2 Å². The van der Waals surface area contributed by atoms with E-state index in [0.717, 1.165) is 85.9 Å². The third-order valence-electron chi connectivity index (χ3n) is 14.1. The summed E-state index contributed by atoms with van der Waals surface area (Å²) in [6, 6.07) is 18.6. The number of carbonyl (C=O) groups excluding carboxylic acids is 3. The molecule has 7 aliphatic rings. The van der Waals surface area contributed by atoms with Gasteiger partial charge in [0.25, 0.3) is 0 Å². The minimum absolute atomic E-state index is 0.109. The maximum Gasteiger partial charge on any atom is 0.249 e. The van der Waals surface area contributed by atoms with Crippen LogP contribution >= 0.6 is 0 Å². The Balaban J connectivity index is 0.711. The Kier molecular flexibility index (Phi) is 11.2. The first-order chi connectivity index (χ1) is 30.7. The molecule has 3 aromatic carbocycles. The first-order valence-corrected chi connectivity index (χ1v) is 22.5. The fraction of sp³-hybridized carbons (Fsp3) is 0.468. The number of rotatable bonds is 9. The Labute approximate surface area is 366 Å². The molecule has 15 nitrogen and oxygen atoms in total. The number of aromatic hydroxyl groups is 1. The van der Waals surface area contributed by atoms with Crippen molar-refractivity contribution < 1.29 is 33.4 Å². The first kappa shape index (κ1) is 40.9. The number of allylic oxidation sites excluding steroid dienone is 1. The zero-order valence-electron chi connectivity index (χ0n) is 35.4. The number of fused-ring (bicyclic) bond motifs is 3. The predicted octanol–water partition coefficient (Wildman–Crippen LogP) is 3.71. The van der Waals surface area contributed by atoms with Crippen LogP contribution in [0.3, 0.4) is 0 Å². The number of hydrazine groups is 1. The second-order valence-corrected chi connectivity index (χ2v) is 17.9. The van der Waals surface area contributed by atoms with Gasteiger partial charge in [0.05, 0.1) is 30.2 Å². The monoisotopic (exact) mass is 861 g/mol. The number of anilines is 2. The summed E-state index contributed by atoms with van der Waals surface area (Å²) < 4.78 is 27.9. The Morgan fingerprint density at radius 3 is 2.43 bits per heavy atom. The topological polar surface area (TPSA) is 168 Å². The van der Waals surface area contributed by atoms with Crippen LogP contribution in [0, 0.1) is 5.82 Å². The van der Waals surface area contributed by atoms with E-state index in [1.807, 2.05) is 47.4 Å². The van der Waals surface area contributed by atoms with E-state index >= 15 is 4.39 Å². The molecule has 2 bridgehead atoms. The van der Waals surface area contributed by atoms with Crippen LogP contribution in [-0.2, 0) is 14.4 Å². The van der Waals surface area contributed by atoms with Gasteiger partial charge in [0, 0.05) is 74.8 Å². The highest BCUT2D eigenvalue weighted by Crippen LogP contribution is 2.44. The third-order valence-corrected chi connectivity index (χ3v) is 14.1. The number of piperazine rings is 1. The average molecular weight is 862 g/mol. The number of hydrogen-bond donors (Lipinski definition) is 5. The molecule has 3 amide bonds. The molecule has 63 heavy (non-hydrogen) atoms. The molecule has 0 saturated carbocycles. The Morgan fingerprint density at radius 1 is 0.889 bits per heavy atom. The predicted molar refractivity (Wildman–Crippen MR) is 235 cm³/mol. The molecule has 10 rings (SSSR count). The number of nitrogens with two attached hydrogens (primary N) is 1. The van der Waals surface area contributed by atoms with E-state index in [9.17, 15) is 19.5 Å². The number of hydrogen-bond acceptors (Lipinski definition) is 13. The molecule has 0 spiro atoms. The number of phenols is 1. The molecule has 3 aromatic rings. The molecule has 5 saturated heterocycles. The maximum atomic E-state index is 15.3. The molecule has 0 aromatic heterocycles. The smallest absolute Gasteiger partial charge is 0.249 e. The van der Waals surface area contributed by atoms with Gasteiger partial charge in [0.2, 0.25) is 17.7 Å². The summed E-state index contributed by atoms with van der Waals surface area (Å²) in [5.41, 5.74) is 17.9. The number of likely N-dealkylation sites (tertiary alicyclic amines) is 3. The normalized spacial score (nSPS) is 24.6. The van der Waals surface area contributed by atoms with Crippen molar-refractivity contribution in [3.63, 3.8) is 0 Å². The van der Waals surface area contributed by atoms with Crippen molar-refractivity contribution >= 4 is 34.8 Å². The van der Waals surface area contributed by atoms with Gasteiger partial charge in [-0.2, -0.15) is 0 Å². The second kappa shape index (κ2) is 17.2. The van der Waals surface area contributed by atoms with Crippen molar-refractivity contribution in [2.24, 2.45) is 5.73 Å². The molecule has 0 radical (unpaired) electrons. The fourth-order valence-corrected chi connectivity index (χ4v) is 10.8. The maximum absolute atomic E-state index is 15.3. The van der Waals surface area contributed by atoms with Crippen LogP contribution in [0.1, 0.15) is 68.4 Å². The van der Waals surface area contributed by atoms with Crippen molar-refractivity contribution in [1.82, 2.24) is 30.9 Å². The number of benzene rings is 3. The quantitative estimate of drug-likeness (QED) is 0.198. The largest absolute Gasteiger partial charge is 0.507 e. The summed E-state index contributed by atoms with van der Waals surface area (Å²) >= 11 is 0. The summed E-state index contributed by atoms with van der Waals surface area (Å²) in [4.78, 5) is 49.0. The average Bonchev–Trinajstić information content (AvgIpc) is 3.56. The van der Waals surface area contributed by atoms with Gasteiger partial charge in [-0.15, -0.1) is 0 Å². The van der Waals surface area contributed by atoms with Crippen LogP contribution in [0.4, 0.5) is 15.8 Å². The fourth-order valence-electron chi connectivity index (χ4n) is 10.8. The number of nitrogens with zero attached hydrogens (tertiary/aromatic N) is 5. The number of carbonyl (C=O) groups is 3. The standard InChI is InChI=1S/C47H56FN9O6/c48-36-11-10-30(57-31-8-9-32(57)27-55(26-31)40-25-37(51-52-46(40)49)35-4-1-2-7-41(35)58)24-42(36)63-33-16-20-54(21-17-33)44(60)28-53-18-14-29(15-19-53)34-5-3-6-38-45(34)62-23-22-56(38)39-12-13-43(59)50-47(39)61/h1-7,10-11,24-25,29,31-33,39,51-52,58H,8-9,12-23,26-28,49H2,(H,50,59,61)/t31-,32+,39-/m0/s1. The molecule has 7 aliphatic heterocycles. The van der Waals surface area contributed by atoms with Gasteiger partial charge < -0.3 is 39.9 Å². The van der Waals surface area contributed by atoms with E-state index < -0.39 is 0 Å². The Morgan fingerprint density at radius 2 is 1.67 bits per heavy atom. The van der Waals surface area contributed by atoms with Crippen molar-refractivity contribution in [3.8, 4) is 17.2 Å². The summed E-state index contributed by atoms with van der Waals surface area (Å²) in [6.07, 6.45) is 7.67. The molecule has 6 N–H and O–H groups in total. The van der Waals surface area contributed by atoms with E-state index in [4.69, 9.17) is 15.2 Å². The molecule has 332 valence electrons. The van der Waals surface area contributed by atoms with Crippen LogP contribution in [0.15, 0.2) is 78.3 Å². The van der Waals surface area contributed by atoms with Gasteiger partial charge in [-0.1, -0.05) is 24.3 Å². The van der Waals surface area contributed by atoms with Crippen LogP contribution in [0.25, 0.3) is 5.70 Å². The van der Waals surface area contributed by atoms with Gasteiger partial charge in [0.1, 0.15) is 36.1 Å². The molecule has 5 fully saturated rings. The lowest BCUT2D eigenvalue weighted by molar-refractivity contribution is -0.135. The zero-order chi connectivity index (χ0) is 43.2. The number of phenolic OH excluding ortho intramolecular Hbond substituents is 1. The van der Waals surface area contributed by atoms with E-state index in [-0.39, 0.29) is 65.2 Å². The lowest BCUT2D eigenvalue weighted by atomic mass is 9.87. The number of nitrogens with one attached hydrogen (secondary N) is 3. The number of ether oxygens (including phenoxy) is 2. The number of para-hydroxylation sites is 2. The molecule has 0 unspecified atom stereocenters. The highest BCUT2D eigenvalue weighted by atomic mass is 19.1. The number of halogens is 1. The van der Waals surface area contributed by atoms with Gasteiger partial charge in [0.15, 0.2) is 11.6 Å². The minimum Gasteiger partial charge on any atom is -0.507 e. The van der Waals surface area contributed by atoms with Gasteiger partial charge in [-0.3, -0.25) is 35.5 Å². The van der Waals surface area contributed by atoms with Crippen LogP contribution in [0.5, 0.6) is 17.2 Å². The van der Waals surface area contributed by atoms with Crippen molar-refractivity contribution in [2.45, 2.75) is 81.5 Å². The summed E-state index contributed by atoms with van der Waals surface area (Å²) in [5.74, 6) is 1.32. The molecular formula is C47H56FN9O6. The van der Waals surface area contributed by atoms with Gasteiger partial charge >= 0.3 is 0 Å². The van der Waals surface area contributed by atoms with Crippen LogP contribution in [-0.4, -0.2) is 121 Å². The van der Waals surface area contributed by atoms with Crippen molar-refractivity contribution in [2.75, 3.05) is 68.8 Å².